The van der Waals surface area contributed by atoms with Gasteiger partial charge in [0.15, 0.2) is 0 Å². The lowest BCUT2D eigenvalue weighted by atomic mass is 10.1. The first-order valence-electron chi connectivity index (χ1n) is 7.96. The third-order valence-corrected chi connectivity index (χ3v) is 5.42. The summed E-state index contributed by atoms with van der Waals surface area (Å²) < 4.78 is 2.24. The van der Waals surface area contributed by atoms with Crippen LogP contribution < -0.4 is 5.32 Å². The van der Waals surface area contributed by atoms with Gasteiger partial charge in [-0.15, -0.1) is 0 Å². The van der Waals surface area contributed by atoms with Gasteiger partial charge in [0.1, 0.15) is 6.23 Å². The summed E-state index contributed by atoms with van der Waals surface area (Å²) in [6.45, 7) is 0.804. The van der Waals surface area contributed by atoms with Crippen molar-refractivity contribution in [3.8, 4) is 0 Å². The highest BCUT2D eigenvalue weighted by atomic mass is 32.2. The van der Waals surface area contributed by atoms with Crippen molar-refractivity contribution in [3.63, 3.8) is 0 Å². The van der Waals surface area contributed by atoms with Crippen LogP contribution in [-0.4, -0.2) is 26.4 Å². The van der Waals surface area contributed by atoms with Crippen molar-refractivity contribution in [2.24, 2.45) is 0 Å². The van der Waals surface area contributed by atoms with Gasteiger partial charge < -0.3 is 15.0 Å². The van der Waals surface area contributed by atoms with Gasteiger partial charge in [0, 0.05) is 23.6 Å². The van der Waals surface area contributed by atoms with E-state index in [-0.39, 0.29) is 10.5 Å². The number of thioether (sulfide) groups is 1. The number of aromatic nitrogens is 1. The van der Waals surface area contributed by atoms with E-state index >= 15 is 0 Å². The monoisotopic (exact) mass is 338 g/mol. The summed E-state index contributed by atoms with van der Waals surface area (Å²) in [7, 11) is 0. The Balaban J connectivity index is 1.68. The van der Waals surface area contributed by atoms with Crippen LogP contribution in [0.5, 0.6) is 0 Å². The summed E-state index contributed by atoms with van der Waals surface area (Å²) in [4.78, 5) is 11.5. The highest BCUT2D eigenvalue weighted by Crippen LogP contribution is 2.30. The minimum Gasteiger partial charge on any atom is -0.372 e. The highest BCUT2D eigenvalue weighted by Gasteiger charge is 2.32. The van der Waals surface area contributed by atoms with Gasteiger partial charge in [0.05, 0.1) is 5.25 Å². The zero-order valence-corrected chi connectivity index (χ0v) is 13.9. The minimum absolute atomic E-state index is 0.145. The molecule has 1 aliphatic heterocycles. The summed E-state index contributed by atoms with van der Waals surface area (Å²) in [6, 6.07) is 18.6. The van der Waals surface area contributed by atoms with Crippen LogP contribution in [-0.2, 0) is 13.0 Å². The highest BCUT2D eigenvalue weighted by molar-refractivity contribution is 8.14. The number of para-hydroxylation sites is 1. The number of benzene rings is 2. The van der Waals surface area contributed by atoms with Gasteiger partial charge in [0.25, 0.3) is 5.24 Å². The molecule has 0 aliphatic carbocycles. The summed E-state index contributed by atoms with van der Waals surface area (Å²) in [5.41, 5.74) is 3.58. The normalized spacial score (nSPS) is 20.5. The van der Waals surface area contributed by atoms with Crippen molar-refractivity contribution >= 4 is 27.9 Å². The Kier molecular flexibility index (Phi) is 4.04. The molecule has 3 aromatic rings. The summed E-state index contributed by atoms with van der Waals surface area (Å²) in [5, 5.41) is 13.4. The molecule has 2 N–H and O–H groups in total. The lowest BCUT2D eigenvalue weighted by molar-refractivity contribution is 0.152. The molecule has 2 unspecified atom stereocenters. The van der Waals surface area contributed by atoms with Crippen LogP contribution in [0, 0.1) is 0 Å². The molecule has 1 amide bonds. The van der Waals surface area contributed by atoms with Gasteiger partial charge in [-0.2, -0.15) is 0 Å². The zero-order valence-electron chi connectivity index (χ0n) is 13.1. The lowest BCUT2D eigenvalue weighted by Crippen LogP contribution is -2.31. The van der Waals surface area contributed by atoms with E-state index in [1.807, 2.05) is 30.3 Å². The Labute approximate surface area is 144 Å². The van der Waals surface area contributed by atoms with E-state index in [1.54, 1.807) is 0 Å². The number of carbonyl (C=O) groups excluding carboxylic acids is 1. The first-order chi connectivity index (χ1) is 11.7. The van der Waals surface area contributed by atoms with Crippen LogP contribution in [0.3, 0.4) is 0 Å². The number of fused-ring (bicyclic) bond motifs is 1. The molecule has 122 valence electrons. The molecule has 1 saturated heterocycles. The molecule has 0 spiro atoms. The molecule has 24 heavy (non-hydrogen) atoms. The zero-order chi connectivity index (χ0) is 16.5. The summed E-state index contributed by atoms with van der Waals surface area (Å²) in [5.74, 6) is 0. The van der Waals surface area contributed by atoms with Crippen molar-refractivity contribution < 1.29 is 9.90 Å². The average Bonchev–Trinajstić information content (AvgIpc) is 3.09. The summed E-state index contributed by atoms with van der Waals surface area (Å²) >= 11 is 1.18. The number of hydrogen-bond donors (Lipinski definition) is 2. The van der Waals surface area contributed by atoms with E-state index in [0.29, 0.717) is 6.42 Å². The van der Waals surface area contributed by atoms with E-state index in [2.05, 4.69) is 40.3 Å². The standard InChI is InChI=1S/C19H18N2O2S/c22-18-17(24-19(23)20-18)10-14-12-21(11-13-6-2-1-3-7-13)16-9-5-4-8-15(14)16/h1-9,12,17-18,22H,10-11H2,(H,20,23). The molecule has 1 aromatic heterocycles. The predicted octanol–water partition coefficient (Wildman–Crippen LogP) is 3.38. The number of nitrogens with one attached hydrogen (secondary N) is 1. The van der Waals surface area contributed by atoms with Gasteiger partial charge in [0.2, 0.25) is 0 Å². The molecule has 1 aliphatic rings. The third-order valence-electron chi connectivity index (χ3n) is 4.36. The van der Waals surface area contributed by atoms with Crippen LogP contribution in [0.1, 0.15) is 11.1 Å². The fraction of sp³-hybridized carbons (Fsp3) is 0.211. The topological polar surface area (TPSA) is 54.3 Å². The largest absolute Gasteiger partial charge is 0.372 e. The molecule has 0 radical (unpaired) electrons. The van der Waals surface area contributed by atoms with Gasteiger partial charge in [-0.3, -0.25) is 4.79 Å². The molecule has 4 rings (SSSR count). The van der Waals surface area contributed by atoms with E-state index in [9.17, 15) is 9.90 Å². The Bertz CT molecular complexity index is 875. The predicted molar refractivity (Wildman–Crippen MR) is 97.1 cm³/mol. The maximum absolute atomic E-state index is 11.5. The van der Waals surface area contributed by atoms with Crippen molar-refractivity contribution in [2.45, 2.75) is 24.4 Å². The quantitative estimate of drug-likeness (QED) is 0.767. The number of aliphatic hydroxyl groups excluding tert-OH is 1. The van der Waals surface area contributed by atoms with Gasteiger partial charge in [-0.25, -0.2) is 0 Å². The van der Waals surface area contributed by atoms with E-state index in [4.69, 9.17) is 0 Å². The Hall–Kier alpha value is -2.24. The number of amides is 1. The molecule has 2 atom stereocenters. The smallest absolute Gasteiger partial charge is 0.281 e. The average molecular weight is 338 g/mol. The minimum atomic E-state index is -0.779. The number of hydrogen-bond acceptors (Lipinski definition) is 3. The van der Waals surface area contributed by atoms with Crippen LogP contribution in [0.2, 0.25) is 0 Å². The molecular weight excluding hydrogens is 320 g/mol. The van der Waals surface area contributed by atoms with Crippen molar-refractivity contribution in [2.75, 3.05) is 0 Å². The first-order valence-corrected chi connectivity index (χ1v) is 8.84. The van der Waals surface area contributed by atoms with Crippen LogP contribution in [0.15, 0.2) is 60.8 Å². The summed E-state index contributed by atoms with van der Waals surface area (Å²) in [6.07, 6.45) is 2.03. The molecule has 4 nitrogen and oxygen atoms in total. The Morgan fingerprint density at radius 1 is 1.08 bits per heavy atom. The number of nitrogens with zero attached hydrogens (tertiary/aromatic N) is 1. The van der Waals surface area contributed by atoms with Gasteiger partial charge >= 0.3 is 0 Å². The lowest BCUT2D eigenvalue weighted by Gasteiger charge is -2.10. The second kappa shape index (κ2) is 6.34. The van der Waals surface area contributed by atoms with Crippen molar-refractivity contribution in [3.05, 3.63) is 71.9 Å². The molecule has 5 heteroatoms. The van der Waals surface area contributed by atoms with Gasteiger partial charge in [-0.1, -0.05) is 60.3 Å². The molecule has 2 heterocycles. The molecular formula is C19H18N2O2S. The second-order valence-corrected chi connectivity index (χ2v) is 7.23. The van der Waals surface area contributed by atoms with E-state index < -0.39 is 6.23 Å². The SMILES string of the molecule is O=C1NC(O)C(Cc2cn(Cc3ccccc3)c3ccccc23)S1. The van der Waals surface area contributed by atoms with E-state index in [0.717, 1.165) is 12.1 Å². The maximum atomic E-state index is 11.5. The number of rotatable bonds is 4. The Morgan fingerprint density at radius 2 is 1.83 bits per heavy atom. The Morgan fingerprint density at radius 3 is 2.58 bits per heavy atom. The van der Waals surface area contributed by atoms with Crippen LogP contribution >= 0.6 is 11.8 Å². The molecule has 2 aromatic carbocycles. The van der Waals surface area contributed by atoms with Gasteiger partial charge in [-0.05, 0) is 23.6 Å². The van der Waals surface area contributed by atoms with Crippen LogP contribution in [0.25, 0.3) is 10.9 Å². The molecule has 0 bridgehead atoms. The van der Waals surface area contributed by atoms with Crippen molar-refractivity contribution in [1.29, 1.82) is 0 Å². The third kappa shape index (κ3) is 2.92. The maximum Gasteiger partial charge on any atom is 0.281 e. The van der Waals surface area contributed by atoms with Crippen molar-refractivity contribution in [1.82, 2.24) is 9.88 Å². The second-order valence-electron chi connectivity index (χ2n) is 6.02. The van der Waals surface area contributed by atoms with Crippen LogP contribution in [0.4, 0.5) is 4.79 Å². The first kappa shape index (κ1) is 15.3. The number of carbonyl (C=O) groups is 1. The van der Waals surface area contributed by atoms with E-state index in [1.165, 1.54) is 28.2 Å². The number of aliphatic hydroxyl groups is 1. The molecule has 1 fully saturated rings. The fourth-order valence-corrected chi connectivity index (χ4v) is 4.14. The fourth-order valence-electron chi connectivity index (χ4n) is 3.22. The molecule has 0 saturated carbocycles.